The Morgan fingerprint density at radius 3 is 2.45 bits per heavy atom. The number of nitrogens with zero attached hydrogens (tertiary/aromatic N) is 6. The van der Waals surface area contributed by atoms with Gasteiger partial charge in [0.2, 0.25) is 5.95 Å². The normalized spacial score (nSPS) is 18.8. The van der Waals surface area contributed by atoms with Crippen LogP contribution in [0.1, 0.15) is 37.8 Å². The fraction of sp³-hybridized carbons (Fsp3) is 0.464. The minimum Gasteiger partial charge on any atom is -0.378 e. The molecule has 0 unspecified atom stereocenters. The minimum absolute atomic E-state index is 0.0191. The molecule has 38 heavy (non-hydrogen) atoms. The van der Waals surface area contributed by atoms with Crippen LogP contribution in [0.4, 0.5) is 30.8 Å². The summed E-state index contributed by atoms with van der Waals surface area (Å²) >= 11 is 0. The van der Waals surface area contributed by atoms with Crippen LogP contribution in [0.2, 0.25) is 0 Å². The summed E-state index contributed by atoms with van der Waals surface area (Å²) in [5, 5.41) is 0. The fourth-order valence-corrected chi connectivity index (χ4v) is 5.04. The Labute approximate surface area is 221 Å². The maximum Gasteiger partial charge on any atom is 0.419 e. The number of alkyl halides is 3. The summed E-state index contributed by atoms with van der Waals surface area (Å²) in [5.41, 5.74) is 2.37. The van der Waals surface area contributed by atoms with Gasteiger partial charge >= 0.3 is 6.18 Å². The van der Waals surface area contributed by atoms with Crippen molar-refractivity contribution < 1.29 is 17.9 Å². The van der Waals surface area contributed by atoms with E-state index in [9.17, 15) is 13.2 Å². The molecule has 0 spiro atoms. The molecular weight excluding hydrogens is 493 g/mol. The first-order chi connectivity index (χ1) is 18.2. The molecule has 2 aromatic heterocycles. The lowest BCUT2D eigenvalue weighted by molar-refractivity contribution is -0.137. The summed E-state index contributed by atoms with van der Waals surface area (Å²) in [4.78, 5) is 20.0. The molecule has 0 bridgehead atoms. The van der Waals surface area contributed by atoms with Gasteiger partial charge in [-0.3, -0.25) is 0 Å². The predicted octanol–water partition coefficient (Wildman–Crippen LogP) is 5.23. The van der Waals surface area contributed by atoms with Crippen molar-refractivity contribution in [2.24, 2.45) is 0 Å². The molecule has 2 fully saturated rings. The first-order valence-corrected chi connectivity index (χ1v) is 13.1. The van der Waals surface area contributed by atoms with Gasteiger partial charge in [-0.25, -0.2) is 9.97 Å². The van der Waals surface area contributed by atoms with Crippen LogP contribution < -0.4 is 14.7 Å². The molecule has 0 N–H and O–H groups in total. The van der Waals surface area contributed by atoms with Crippen molar-refractivity contribution in [1.29, 1.82) is 0 Å². The molecule has 5 rings (SSSR count). The number of ether oxygens (including phenoxy) is 1. The maximum absolute atomic E-state index is 13.6. The van der Waals surface area contributed by atoms with Crippen molar-refractivity contribution in [3.63, 3.8) is 0 Å². The Bertz CT molecular complexity index is 1260. The monoisotopic (exact) mass is 526 g/mol. The van der Waals surface area contributed by atoms with E-state index < -0.39 is 11.7 Å². The van der Waals surface area contributed by atoms with Crippen LogP contribution in [0, 0.1) is 0 Å². The smallest absolute Gasteiger partial charge is 0.378 e. The first-order valence-electron chi connectivity index (χ1n) is 13.1. The summed E-state index contributed by atoms with van der Waals surface area (Å²) in [7, 11) is 0. The maximum atomic E-state index is 13.6. The van der Waals surface area contributed by atoms with E-state index in [1.165, 1.54) is 17.8 Å². The van der Waals surface area contributed by atoms with Crippen LogP contribution in [0.5, 0.6) is 0 Å². The van der Waals surface area contributed by atoms with Gasteiger partial charge in [-0.2, -0.15) is 18.2 Å². The van der Waals surface area contributed by atoms with Gasteiger partial charge in [0.15, 0.2) is 0 Å². The molecule has 0 aliphatic carbocycles. The number of pyridine rings is 1. The molecule has 0 amide bonds. The topological polar surface area (TPSA) is 57.6 Å². The van der Waals surface area contributed by atoms with Crippen molar-refractivity contribution in [2.75, 3.05) is 60.6 Å². The quantitative estimate of drug-likeness (QED) is 0.451. The zero-order valence-electron chi connectivity index (χ0n) is 21.9. The van der Waals surface area contributed by atoms with Crippen molar-refractivity contribution in [2.45, 2.75) is 38.9 Å². The third-order valence-corrected chi connectivity index (χ3v) is 7.16. The van der Waals surface area contributed by atoms with Gasteiger partial charge < -0.3 is 19.4 Å². The molecule has 202 valence electrons. The van der Waals surface area contributed by atoms with E-state index in [0.29, 0.717) is 57.8 Å². The van der Waals surface area contributed by atoms with Crippen LogP contribution >= 0.6 is 0 Å². The predicted molar refractivity (Wildman–Crippen MR) is 143 cm³/mol. The van der Waals surface area contributed by atoms with Crippen molar-refractivity contribution in [1.82, 2.24) is 15.0 Å². The number of halogens is 3. The molecule has 0 radical (unpaired) electrons. The molecule has 4 heterocycles. The molecule has 0 saturated carbocycles. The van der Waals surface area contributed by atoms with Gasteiger partial charge in [0, 0.05) is 56.6 Å². The molecule has 2 aliphatic rings. The van der Waals surface area contributed by atoms with E-state index in [4.69, 9.17) is 14.7 Å². The molecule has 2 saturated heterocycles. The van der Waals surface area contributed by atoms with Gasteiger partial charge in [-0.1, -0.05) is 32.0 Å². The van der Waals surface area contributed by atoms with Crippen LogP contribution in [0.15, 0.2) is 48.7 Å². The minimum atomic E-state index is -4.46. The van der Waals surface area contributed by atoms with E-state index >= 15 is 0 Å². The Morgan fingerprint density at radius 2 is 1.74 bits per heavy atom. The van der Waals surface area contributed by atoms with Crippen molar-refractivity contribution >= 4 is 17.6 Å². The second-order valence-electron chi connectivity index (χ2n) is 10.2. The lowest BCUT2D eigenvalue weighted by Gasteiger charge is -2.42. The average Bonchev–Trinajstić information content (AvgIpc) is 2.93. The molecular formula is C28H33F3N6O. The second-order valence-corrected chi connectivity index (χ2v) is 10.2. The number of piperazine rings is 1. The summed E-state index contributed by atoms with van der Waals surface area (Å²) in [5.74, 6) is 1.79. The van der Waals surface area contributed by atoms with Gasteiger partial charge in [0.1, 0.15) is 11.6 Å². The number of aromatic nitrogens is 3. The number of rotatable bonds is 5. The highest BCUT2D eigenvalue weighted by Gasteiger charge is 2.37. The standard InChI is InChI=1S/C28H33F3N6O/c1-19(2)21-6-4-7-22(16-21)24-17-25(34-27(33-24)35-12-14-38-15-13-35)37-11-10-36(18-20(37)3)26-23(28(29,30)31)8-5-9-32-26/h4-9,16-17,19-20H,10-15,18H2,1-3H3/t20-/m1/s1. The third kappa shape index (κ3) is 5.55. The SMILES string of the molecule is CC(C)c1cccc(-c2cc(N3CCN(c4ncccc4C(F)(F)F)C[C@H]3C)nc(N3CCOCC3)n2)c1. The fourth-order valence-electron chi connectivity index (χ4n) is 5.04. The Morgan fingerprint density at radius 1 is 0.947 bits per heavy atom. The Balaban J connectivity index is 1.47. The molecule has 1 atom stereocenters. The number of hydrogen-bond donors (Lipinski definition) is 0. The number of benzene rings is 1. The molecule has 1 aromatic carbocycles. The van der Waals surface area contributed by atoms with E-state index in [-0.39, 0.29) is 11.9 Å². The summed E-state index contributed by atoms with van der Waals surface area (Å²) in [6, 6.07) is 12.7. The highest BCUT2D eigenvalue weighted by atomic mass is 19.4. The first kappa shape index (κ1) is 26.2. The summed E-state index contributed by atoms with van der Waals surface area (Å²) in [6.07, 6.45) is -3.04. The van der Waals surface area contributed by atoms with Crippen LogP contribution in [-0.2, 0) is 10.9 Å². The zero-order chi connectivity index (χ0) is 26.9. The lowest BCUT2D eigenvalue weighted by atomic mass is 9.99. The third-order valence-electron chi connectivity index (χ3n) is 7.16. The van der Waals surface area contributed by atoms with Gasteiger partial charge in [0.25, 0.3) is 0 Å². The van der Waals surface area contributed by atoms with Crippen LogP contribution in [0.25, 0.3) is 11.3 Å². The Kier molecular flexibility index (Phi) is 7.43. The number of morpholine rings is 1. The molecule has 10 heteroatoms. The molecule has 7 nitrogen and oxygen atoms in total. The summed E-state index contributed by atoms with van der Waals surface area (Å²) in [6.45, 7) is 10.3. The number of hydrogen-bond acceptors (Lipinski definition) is 7. The van der Waals surface area contributed by atoms with Crippen molar-refractivity contribution in [3.05, 3.63) is 59.8 Å². The highest BCUT2D eigenvalue weighted by Crippen LogP contribution is 2.36. The molecule has 3 aromatic rings. The van der Waals surface area contributed by atoms with E-state index in [0.717, 1.165) is 23.1 Å². The van der Waals surface area contributed by atoms with Crippen molar-refractivity contribution in [3.8, 4) is 11.3 Å². The van der Waals surface area contributed by atoms with Gasteiger partial charge in [-0.05, 0) is 36.6 Å². The van der Waals surface area contributed by atoms with Crippen LogP contribution in [0.3, 0.4) is 0 Å². The number of anilines is 3. The van der Waals surface area contributed by atoms with E-state index in [1.54, 1.807) is 4.90 Å². The Hall–Kier alpha value is -3.40. The second kappa shape index (κ2) is 10.8. The van der Waals surface area contributed by atoms with E-state index in [2.05, 4.69) is 46.8 Å². The summed E-state index contributed by atoms with van der Waals surface area (Å²) < 4.78 is 46.4. The lowest BCUT2D eigenvalue weighted by Crippen LogP contribution is -2.53. The average molecular weight is 527 g/mol. The van der Waals surface area contributed by atoms with Gasteiger partial charge in [0.05, 0.1) is 24.5 Å². The largest absolute Gasteiger partial charge is 0.419 e. The van der Waals surface area contributed by atoms with Gasteiger partial charge in [-0.15, -0.1) is 0 Å². The van der Waals surface area contributed by atoms with E-state index in [1.807, 2.05) is 19.1 Å². The van der Waals surface area contributed by atoms with Crippen LogP contribution in [-0.4, -0.2) is 66.9 Å². The zero-order valence-corrected chi connectivity index (χ0v) is 21.9. The molecule has 2 aliphatic heterocycles. The highest BCUT2D eigenvalue weighted by molar-refractivity contribution is 5.66.